The zero-order chi connectivity index (χ0) is 29.7. The molecule has 1 fully saturated rings. The third kappa shape index (κ3) is 13.5. The van der Waals surface area contributed by atoms with Crippen molar-refractivity contribution in [1.29, 1.82) is 0 Å². The van der Waals surface area contributed by atoms with Gasteiger partial charge in [-0.15, -0.1) is 0 Å². The lowest BCUT2D eigenvalue weighted by atomic mass is 10.1. The molecule has 0 aromatic carbocycles. The molecule has 1 saturated heterocycles. The normalized spacial score (nSPS) is 22.1. The summed E-state index contributed by atoms with van der Waals surface area (Å²) in [5, 5.41) is 0. The second-order valence-corrected chi connectivity index (χ2v) is 12.5. The molecule has 1 rings (SSSR count). The Hall–Kier alpha value is -2.96. The van der Waals surface area contributed by atoms with Crippen LogP contribution in [0, 0.1) is 0 Å². The van der Waals surface area contributed by atoms with Crippen LogP contribution in [0.2, 0.25) is 0 Å². The highest BCUT2D eigenvalue weighted by Gasteiger charge is 2.53. The standard InChI is InChI=1S/C25H42O13/c1-22(2,3)35-18(26)30-13-14-15(32-19(27)36-23(4,5)6)16(33-20(28)37-24(7,8)9)17(31-14)34-21(29)38-25(10,11)12/h14-17H,13H2,1-12H3/t14-,15-,16-,17?/m0/s1. The molecule has 1 unspecified atom stereocenters. The summed E-state index contributed by atoms with van der Waals surface area (Å²) in [5.41, 5.74) is -3.61. The first kappa shape index (κ1) is 33.1. The third-order valence-corrected chi connectivity index (χ3v) is 3.87. The van der Waals surface area contributed by atoms with Gasteiger partial charge in [0.05, 0.1) is 0 Å². The van der Waals surface area contributed by atoms with E-state index in [-0.39, 0.29) is 0 Å². The lowest BCUT2D eigenvalue weighted by molar-refractivity contribution is -0.165. The Balaban J connectivity index is 3.26. The summed E-state index contributed by atoms with van der Waals surface area (Å²) >= 11 is 0. The molecule has 1 aliphatic heterocycles. The molecule has 13 nitrogen and oxygen atoms in total. The Morgan fingerprint density at radius 3 is 1.26 bits per heavy atom. The summed E-state index contributed by atoms with van der Waals surface area (Å²) in [6.07, 6.45) is -10.4. The molecule has 0 saturated carbocycles. The number of rotatable bonds is 5. The lowest BCUT2D eigenvalue weighted by Gasteiger charge is -2.27. The maximum atomic E-state index is 12.5. The van der Waals surface area contributed by atoms with Crippen molar-refractivity contribution in [3.05, 3.63) is 0 Å². The SMILES string of the molecule is CC(C)(C)OC(=O)OC[C@@H]1OC(OC(=O)OC(C)(C)C)[C@@H](OC(=O)OC(C)(C)C)[C@H]1OC(=O)OC(C)(C)C. The van der Waals surface area contributed by atoms with Gasteiger partial charge in [0.15, 0.2) is 6.10 Å². The fourth-order valence-corrected chi connectivity index (χ4v) is 2.76. The van der Waals surface area contributed by atoms with Gasteiger partial charge in [0, 0.05) is 0 Å². The molecule has 1 aliphatic rings. The zero-order valence-electron chi connectivity index (χ0n) is 24.3. The van der Waals surface area contributed by atoms with Crippen molar-refractivity contribution in [2.75, 3.05) is 6.61 Å². The van der Waals surface area contributed by atoms with Gasteiger partial charge in [-0.25, -0.2) is 19.2 Å². The fraction of sp³-hybridized carbons (Fsp3) is 0.840. The highest BCUT2D eigenvalue weighted by atomic mass is 16.8. The van der Waals surface area contributed by atoms with E-state index in [1.54, 1.807) is 83.1 Å². The summed E-state index contributed by atoms with van der Waals surface area (Å²) in [6, 6.07) is 0. The first-order chi connectivity index (χ1) is 16.9. The van der Waals surface area contributed by atoms with Crippen molar-refractivity contribution < 1.29 is 61.8 Å². The zero-order valence-corrected chi connectivity index (χ0v) is 24.3. The van der Waals surface area contributed by atoms with Crippen LogP contribution >= 0.6 is 0 Å². The maximum Gasteiger partial charge on any atom is 0.511 e. The molecule has 38 heavy (non-hydrogen) atoms. The minimum atomic E-state index is -1.63. The van der Waals surface area contributed by atoms with Gasteiger partial charge in [-0.05, 0) is 83.1 Å². The molecule has 0 amide bonds. The molecule has 13 heteroatoms. The lowest BCUT2D eigenvalue weighted by Crippen LogP contribution is -2.44. The van der Waals surface area contributed by atoms with Crippen LogP contribution in [0.3, 0.4) is 0 Å². The van der Waals surface area contributed by atoms with Crippen molar-refractivity contribution in [2.45, 2.75) is 130 Å². The van der Waals surface area contributed by atoms with Crippen LogP contribution in [0.15, 0.2) is 0 Å². The predicted molar refractivity (Wildman–Crippen MR) is 130 cm³/mol. The summed E-state index contributed by atoms with van der Waals surface area (Å²) in [7, 11) is 0. The van der Waals surface area contributed by atoms with Crippen molar-refractivity contribution >= 4 is 24.6 Å². The number of ether oxygens (including phenoxy) is 9. The molecule has 0 bridgehead atoms. The molecular formula is C25H42O13. The van der Waals surface area contributed by atoms with Crippen LogP contribution in [0.1, 0.15) is 83.1 Å². The summed E-state index contributed by atoms with van der Waals surface area (Å²) in [5.74, 6) is 0. The third-order valence-electron chi connectivity index (χ3n) is 3.87. The van der Waals surface area contributed by atoms with Gasteiger partial charge in [-0.1, -0.05) is 0 Å². The van der Waals surface area contributed by atoms with Crippen molar-refractivity contribution in [1.82, 2.24) is 0 Å². The fourth-order valence-electron chi connectivity index (χ4n) is 2.76. The number of hydrogen-bond acceptors (Lipinski definition) is 13. The van der Waals surface area contributed by atoms with Crippen molar-refractivity contribution in [2.24, 2.45) is 0 Å². The van der Waals surface area contributed by atoms with E-state index in [1.807, 2.05) is 0 Å². The Morgan fingerprint density at radius 1 is 0.526 bits per heavy atom. The van der Waals surface area contributed by atoms with Gasteiger partial charge in [-0.2, -0.15) is 0 Å². The van der Waals surface area contributed by atoms with Crippen LogP contribution in [0.4, 0.5) is 19.2 Å². The van der Waals surface area contributed by atoms with E-state index in [9.17, 15) is 19.2 Å². The first-order valence-corrected chi connectivity index (χ1v) is 12.1. The van der Waals surface area contributed by atoms with Crippen LogP contribution in [-0.4, -0.2) is 78.2 Å². The van der Waals surface area contributed by atoms with E-state index in [4.69, 9.17) is 42.6 Å². The second kappa shape index (κ2) is 12.3. The number of carbonyl (C=O) groups excluding carboxylic acids is 4. The van der Waals surface area contributed by atoms with E-state index in [1.165, 1.54) is 0 Å². The molecule has 0 radical (unpaired) electrons. The van der Waals surface area contributed by atoms with Gasteiger partial charge in [0.1, 0.15) is 35.1 Å². The van der Waals surface area contributed by atoms with Crippen LogP contribution in [-0.2, 0) is 42.6 Å². The first-order valence-electron chi connectivity index (χ1n) is 12.1. The minimum absolute atomic E-state index is 0.523. The molecular weight excluding hydrogens is 508 g/mol. The Labute approximate surface area is 223 Å². The number of hydrogen-bond donors (Lipinski definition) is 0. The molecule has 0 aromatic heterocycles. The van der Waals surface area contributed by atoms with Crippen LogP contribution in [0.5, 0.6) is 0 Å². The number of carbonyl (C=O) groups is 4. The topological polar surface area (TPSA) is 151 Å². The molecule has 0 aromatic rings. The van der Waals surface area contributed by atoms with Gasteiger partial charge >= 0.3 is 24.6 Å². The van der Waals surface area contributed by atoms with Crippen molar-refractivity contribution in [3.63, 3.8) is 0 Å². The van der Waals surface area contributed by atoms with Gasteiger partial charge in [0.2, 0.25) is 12.4 Å². The highest BCUT2D eigenvalue weighted by Crippen LogP contribution is 2.31. The van der Waals surface area contributed by atoms with Crippen molar-refractivity contribution in [3.8, 4) is 0 Å². The Kier molecular flexibility index (Phi) is 10.7. The predicted octanol–water partition coefficient (Wildman–Crippen LogP) is 5.26. The average molecular weight is 551 g/mol. The van der Waals surface area contributed by atoms with Gasteiger partial charge in [-0.3, -0.25) is 0 Å². The molecule has 4 atom stereocenters. The molecule has 0 aliphatic carbocycles. The van der Waals surface area contributed by atoms with Gasteiger partial charge in [0.25, 0.3) is 0 Å². The largest absolute Gasteiger partial charge is 0.511 e. The Bertz CT molecular complexity index is 839. The van der Waals surface area contributed by atoms with E-state index < -0.39 is 78.2 Å². The molecule has 0 spiro atoms. The van der Waals surface area contributed by atoms with E-state index in [0.29, 0.717) is 0 Å². The minimum Gasteiger partial charge on any atom is -0.431 e. The summed E-state index contributed by atoms with van der Waals surface area (Å²) in [6.45, 7) is 18.9. The monoisotopic (exact) mass is 550 g/mol. The van der Waals surface area contributed by atoms with E-state index in [0.717, 1.165) is 0 Å². The van der Waals surface area contributed by atoms with Gasteiger partial charge < -0.3 is 42.6 Å². The average Bonchev–Trinajstić information content (AvgIpc) is 2.90. The molecule has 220 valence electrons. The van der Waals surface area contributed by atoms with Crippen LogP contribution in [0.25, 0.3) is 0 Å². The smallest absolute Gasteiger partial charge is 0.431 e. The maximum absolute atomic E-state index is 12.5. The van der Waals surface area contributed by atoms with Crippen LogP contribution < -0.4 is 0 Å². The second-order valence-electron chi connectivity index (χ2n) is 12.5. The quantitative estimate of drug-likeness (QED) is 0.324. The highest BCUT2D eigenvalue weighted by molar-refractivity contribution is 5.63. The molecule has 1 heterocycles. The van der Waals surface area contributed by atoms with E-state index in [2.05, 4.69) is 0 Å². The summed E-state index contributed by atoms with van der Waals surface area (Å²) in [4.78, 5) is 49.5. The Morgan fingerprint density at radius 2 is 0.868 bits per heavy atom. The molecule has 0 N–H and O–H groups in total. The summed E-state index contributed by atoms with van der Waals surface area (Å²) < 4.78 is 47.5. The van der Waals surface area contributed by atoms with E-state index >= 15 is 0 Å².